The molecule has 0 fully saturated rings. The van der Waals surface area contributed by atoms with E-state index in [2.05, 4.69) is 10.4 Å². The zero-order valence-electron chi connectivity index (χ0n) is 11.4. The van der Waals surface area contributed by atoms with Gasteiger partial charge in [0.15, 0.2) is 0 Å². The van der Waals surface area contributed by atoms with Gasteiger partial charge >= 0.3 is 0 Å². The summed E-state index contributed by atoms with van der Waals surface area (Å²) in [6.45, 7) is 4.51. The minimum Gasteiger partial charge on any atom is -0.355 e. The van der Waals surface area contributed by atoms with Crippen LogP contribution in [0.5, 0.6) is 0 Å². The van der Waals surface area contributed by atoms with Gasteiger partial charge in [0.1, 0.15) is 12.1 Å². The molecule has 2 aromatic heterocycles. The Morgan fingerprint density at radius 2 is 2.21 bits per heavy atom. The Balaban J connectivity index is 2.35. The second-order valence-electron chi connectivity index (χ2n) is 4.57. The number of aromatic nitrogens is 3. The van der Waals surface area contributed by atoms with E-state index in [0.717, 1.165) is 17.5 Å². The lowest BCUT2D eigenvalue weighted by atomic mass is 10.2. The standard InChI is InChI=1S/C13H18N4O2/c1-4-6-14-11(18)8-17-7-5-10-9(2)15-16(3)12(10)13(17)19/h5,7H,4,6,8H2,1-3H3,(H,14,18). The van der Waals surface area contributed by atoms with Crippen LogP contribution in [0.1, 0.15) is 19.0 Å². The first-order chi connectivity index (χ1) is 9.04. The Kier molecular flexibility index (Phi) is 3.69. The van der Waals surface area contributed by atoms with Crippen molar-refractivity contribution in [2.24, 2.45) is 7.05 Å². The maximum atomic E-state index is 12.3. The summed E-state index contributed by atoms with van der Waals surface area (Å²) in [6, 6.07) is 1.83. The molecule has 1 N–H and O–H groups in total. The minimum absolute atomic E-state index is 0.0407. The molecule has 0 spiro atoms. The Morgan fingerprint density at radius 3 is 2.89 bits per heavy atom. The second-order valence-corrected chi connectivity index (χ2v) is 4.57. The molecule has 0 saturated heterocycles. The lowest BCUT2D eigenvalue weighted by Gasteiger charge is -2.06. The van der Waals surface area contributed by atoms with Gasteiger partial charge in [-0.15, -0.1) is 0 Å². The minimum atomic E-state index is -0.188. The summed E-state index contributed by atoms with van der Waals surface area (Å²) in [4.78, 5) is 24.0. The van der Waals surface area contributed by atoms with Gasteiger partial charge in [0.2, 0.25) is 5.91 Å². The van der Waals surface area contributed by atoms with Gasteiger partial charge in [0.25, 0.3) is 5.56 Å². The average Bonchev–Trinajstić information content (AvgIpc) is 2.66. The maximum Gasteiger partial charge on any atom is 0.277 e. The van der Waals surface area contributed by atoms with Gasteiger partial charge in [-0.05, 0) is 19.4 Å². The van der Waals surface area contributed by atoms with Gasteiger partial charge in [0, 0.05) is 25.2 Å². The molecule has 1 amide bonds. The number of amides is 1. The first-order valence-electron chi connectivity index (χ1n) is 6.34. The highest BCUT2D eigenvalue weighted by molar-refractivity contribution is 5.81. The lowest BCUT2D eigenvalue weighted by molar-refractivity contribution is -0.121. The quantitative estimate of drug-likeness (QED) is 0.875. The Hall–Kier alpha value is -2.11. The van der Waals surface area contributed by atoms with Crippen molar-refractivity contribution in [3.8, 4) is 0 Å². The predicted molar refractivity (Wildman–Crippen MR) is 73.0 cm³/mol. The Labute approximate surface area is 111 Å². The second kappa shape index (κ2) is 5.26. The van der Waals surface area contributed by atoms with Gasteiger partial charge in [0.05, 0.1) is 5.69 Å². The summed E-state index contributed by atoms with van der Waals surface area (Å²) in [5, 5.41) is 7.81. The third-order valence-corrected chi connectivity index (χ3v) is 3.04. The number of pyridine rings is 1. The highest BCUT2D eigenvalue weighted by Crippen LogP contribution is 2.12. The molecule has 2 heterocycles. The fourth-order valence-electron chi connectivity index (χ4n) is 2.10. The van der Waals surface area contributed by atoms with E-state index in [1.54, 1.807) is 17.9 Å². The summed E-state index contributed by atoms with van der Waals surface area (Å²) in [5.74, 6) is -0.151. The number of hydrogen-bond donors (Lipinski definition) is 1. The van der Waals surface area contributed by atoms with E-state index < -0.39 is 0 Å². The van der Waals surface area contributed by atoms with Crippen molar-refractivity contribution < 1.29 is 4.79 Å². The van der Waals surface area contributed by atoms with E-state index in [9.17, 15) is 9.59 Å². The molecule has 19 heavy (non-hydrogen) atoms. The number of fused-ring (bicyclic) bond motifs is 1. The van der Waals surface area contributed by atoms with Crippen molar-refractivity contribution in [3.05, 3.63) is 28.3 Å². The van der Waals surface area contributed by atoms with Crippen LogP contribution in [0, 0.1) is 6.92 Å². The molecule has 0 aliphatic heterocycles. The van der Waals surface area contributed by atoms with Gasteiger partial charge in [-0.2, -0.15) is 5.10 Å². The smallest absolute Gasteiger partial charge is 0.277 e. The highest BCUT2D eigenvalue weighted by atomic mass is 16.2. The number of aryl methyl sites for hydroxylation is 2. The van der Waals surface area contributed by atoms with E-state index in [1.807, 2.05) is 19.9 Å². The van der Waals surface area contributed by atoms with Crippen LogP contribution in [0.2, 0.25) is 0 Å². The molecule has 0 radical (unpaired) electrons. The Morgan fingerprint density at radius 1 is 1.47 bits per heavy atom. The number of carbonyl (C=O) groups excluding carboxylic acids is 1. The molecule has 0 aliphatic carbocycles. The van der Waals surface area contributed by atoms with E-state index in [4.69, 9.17) is 0 Å². The monoisotopic (exact) mass is 262 g/mol. The molecule has 0 bridgehead atoms. The summed E-state index contributed by atoms with van der Waals surface area (Å²) in [5.41, 5.74) is 1.16. The zero-order valence-corrected chi connectivity index (χ0v) is 11.4. The largest absolute Gasteiger partial charge is 0.355 e. The van der Waals surface area contributed by atoms with E-state index in [1.165, 1.54) is 4.57 Å². The normalized spacial score (nSPS) is 10.9. The van der Waals surface area contributed by atoms with Crippen LogP contribution in [-0.4, -0.2) is 26.8 Å². The van der Waals surface area contributed by atoms with Crippen LogP contribution in [0.3, 0.4) is 0 Å². The van der Waals surface area contributed by atoms with Crippen LogP contribution >= 0.6 is 0 Å². The highest BCUT2D eigenvalue weighted by Gasteiger charge is 2.12. The molecule has 0 aliphatic rings. The third kappa shape index (κ3) is 2.52. The predicted octanol–water partition coefficient (Wildman–Crippen LogP) is 0.570. The fourth-order valence-corrected chi connectivity index (χ4v) is 2.10. The van der Waals surface area contributed by atoms with Gasteiger partial charge in [-0.3, -0.25) is 14.3 Å². The molecule has 0 aromatic carbocycles. The molecule has 0 atom stereocenters. The van der Waals surface area contributed by atoms with Crippen molar-refractivity contribution in [1.82, 2.24) is 19.7 Å². The molecule has 102 valence electrons. The molecular formula is C13H18N4O2. The van der Waals surface area contributed by atoms with Gasteiger partial charge < -0.3 is 9.88 Å². The molecule has 2 aromatic rings. The SMILES string of the molecule is CCCNC(=O)Cn1ccc2c(C)nn(C)c2c1=O. The topological polar surface area (TPSA) is 68.9 Å². The van der Waals surface area contributed by atoms with Crippen molar-refractivity contribution >= 4 is 16.8 Å². The van der Waals surface area contributed by atoms with Crippen molar-refractivity contribution in [3.63, 3.8) is 0 Å². The van der Waals surface area contributed by atoms with E-state index >= 15 is 0 Å². The summed E-state index contributed by atoms with van der Waals surface area (Å²) >= 11 is 0. The number of nitrogens with zero attached hydrogens (tertiary/aromatic N) is 3. The number of carbonyl (C=O) groups is 1. The molecule has 6 heteroatoms. The molecule has 0 saturated carbocycles. The van der Waals surface area contributed by atoms with Crippen LogP contribution in [0.4, 0.5) is 0 Å². The van der Waals surface area contributed by atoms with Crippen molar-refractivity contribution in [2.75, 3.05) is 6.54 Å². The van der Waals surface area contributed by atoms with Gasteiger partial charge in [-0.1, -0.05) is 6.92 Å². The number of nitrogens with one attached hydrogen (secondary N) is 1. The van der Waals surface area contributed by atoms with Crippen LogP contribution < -0.4 is 10.9 Å². The average molecular weight is 262 g/mol. The third-order valence-electron chi connectivity index (χ3n) is 3.04. The first-order valence-corrected chi connectivity index (χ1v) is 6.34. The summed E-state index contributed by atoms with van der Waals surface area (Å²) in [7, 11) is 1.73. The summed E-state index contributed by atoms with van der Waals surface area (Å²) < 4.78 is 2.97. The van der Waals surface area contributed by atoms with Crippen molar-refractivity contribution in [1.29, 1.82) is 0 Å². The molecule has 0 unspecified atom stereocenters. The number of rotatable bonds is 4. The first kappa shape index (κ1) is 13.3. The molecular weight excluding hydrogens is 244 g/mol. The van der Waals surface area contributed by atoms with Crippen molar-refractivity contribution in [2.45, 2.75) is 26.8 Å². The summed E-state index contributed by atoms with van der Waals surface area (Å²) in [6.07, 6.45) is 2.52. The van der Waals surface area contributed by atoms with E-state index in [0.29, 0.717) is 12.1 Å². The zero-order chi connectivity index (χ0) is 14.0. The molecule has 2 rings (SSSR count). The van der Waals surface area contributed by atoms with Gasteiger partial charge in [-0.25, -0.2) is 0 Å². The van der Waals surface area contributed by atoms with Crippen LogP contribution in [0.15, 0.2) is 17.1 Å². The fraction of sp³-hybridized carbons (Fsp3) is 0.462. The van der Waals surface area contributed by atoms with Crippen LogP contribution in [0.25, 0.3) is 10.9 Å². The van der Waals surface area contributed by atoms with Crippen LogP contribution in [-0.2, 0) is 18.4 Å². The lowest BCUT2D eigenvalue weighted by Crippen LogP contribution is -2.32. The number of hydrogen-bond acceptors (Lipinski definition) is 3. The molecule has 6 nitrogen and oxygen atoms in total. The Bertz CT molecular complexity index is 669. The maximum absolute atomic E-state index is 12.3. The van der Waals surface area contributed by atoms with E-state index in [-0.39, 0.29) is 18.0 Å².